The summed E-state index contributed by atoms with van der Waals surface area (Å²) < 4.78 is 15.5. The minimum Gasteiger partial charge on any atom is -0.457 e. The molecular weight excluding hydrogens is 388 g/mol. The lowest BCUT2D eigenvalue weighted by Gasteiger charge is -2.25. The highest BCUT2D eigenvalue weighted by Gasteiger charge is 2.28. The van der Waals surface area contributed by atoms with Crippen LogP contribution in [0.25, 0.3) is 11.2 Å². The van der Waals surface area contributed by atoms with Gasteiger partial charge in [0.2, 0.25) is 5.79 Å². The van der Waals surface area contributed by atoms with Gasteiger partial charge in [-0.2, -0.15) is 0 Å². The Bertz CT molecular complexity index is 1060. The zero-order chi connectivity index (χ0) is 22.1. The molecular formula is C21H32N4O5. The van der Waals surface area contributed by atoms with E-state index in [9.17, 15) is 14.7 Å². The van der Waals surface area contributed by atoms with Gasteiger partial charge in [0.1, 0.15) is 6.26 Å². The lowest BCUT2D eigenvalue weighted by Crippen LogP contribution is -2.39. The normalized spacial score (nSPS) is 15.9. The Balaban J connectivity index is 1.84. The number of aryl methyl sites for hydroxylation is 1. The van der Waals surface area contributed by atoms with Crippen molar-refractivity contribution in [3.63, 3.8) is 0 Å². The number of ether oxygens (including phenoxy) is 2. The third kappa shape index (κ3) is 4.30. The first-order chi connectivity index (χ1) is 14.1. The van der Waals surface area contributed by atoms with E-state index in [1.54, 1.807) is 25.5 Å². The fraction of sp³-hybridized carbons (Fsp3) is 0.667. The van der Waals surface area contributed by atoms with E-state index in [1.807, 2.05) is 13.8 Å². The van der Waals surface area contributed by atoms with E-state index in [1.165, 1.54) is 21.7 Å². The maximum absolute atomic E-state index is 13.1. The summed E-state index contributed by atoms with van der Waals surface area (Å²) in [5, 5.41) is 10.4. The van der Waals surface area contributed by atoms with Crippen LogP contribution in [-0.2, 0) is 29.6 Å². The van der Waals surface area contributed by atoms with Gasteiger partial charge < -0.3 is 19.1 Å². The van der Waals surface area contributed by atoms with E-state index >= 15 is 0 Å². The van der Waals surface area contributed by atoms with Gasteiger partial charge in [0.15, 0.2) is 16.9 Å². The first-order valence-corrected chi connectivity index (χ1v) is 10.5. The number of rotatable bonds is 9. The molecule has 0 fully saturated rings. The van der Waals surface area contributed by atoms with Crippen LogP contribution in [0, 0.1) is 0 Å². The fourth-order valence-electron chi connectivity index (χ4n) is 3.78. The first kappa shape index (κ1) is 22.1. The minimum absolute atomic E-state index is 0.285. The highest BCUT2D eigenvalue weighted by Crippen LogP contribution is 2.26. The molecule has 1 aliphatic rings. The number of imidazole rings is 1. The Morgan fingerprint density at radius 1 is 1.20 bits per heavy atom. The molecule has 0 spiro atoms. The van der Waals surface area contributed by atoms with Crippen LogP contribution in [0.4, 0.5) is 0 Å². The summed E-state index contributed by atoms with van der Waals surface area (Å²) in [4.78, 5) is 30.1. The van der Waals surface area contributed by atoms with Crippen LogP contribution in [-0.4, -0.2) is 35.2 Å². The van der Waals surface area contributed by atoms with Crippen LogP contribution >= 0.6 is 0 Å². The molecule has 0 saturated heterocycles. The number of fused-ring (bicyclic) bond motifs is 1. The predicted molar refractivity (Wildman–Crippen MR) is 113 cm³/mol. The summed E-state index contributed by atoms with van der Waals surface area (Å²) in [6, 6.07) is 0. The Morgan fingerprint density at radius 3 is 2.50 bits per heavy atom. The topological polar surface area (TPSA) is 101 Å². The van der Waals surface area contributed by atoms with Crippen LogP contribution in [0.5, 0.6) is 0 Å². The first-order valence-electron chi connectivity index (χ1n) is 10.5. The maximum atomic E-state index is 13.1. The summed E-state index contributed by atoms with van der Waals surface area (Å²) in [5.74, 6) is -0.157. The van der Waals surface area contributed by atoms with Gasteiger partial charge in [-0.3, -0.25) is 13.9 Å². The molecule has 1 aliphatic heterocycles. The molecule has 1 N–H and O–H groups in total. The van der Waals surface area contributed by atoms with Crippen molar-refractivity contribution in [2.45, 2.75) is 84.3 Å². The Kier molecular flexibility index (Phi) is 6.12. The standard InChI is InChI=1S/C21H32N4O5/c1-6-21(28,7-2)10-8-9-11-25-18(26)16-17(23(5)19(25)27)22-14-24(16)12-15-13-29-20(3,4)30-15/h13-14,28H,6-12H2,1-5H3. The van der Waals surface area contributed by atoms with E-state index < -0.39 is 11.4 Å². The highest BCUT2D eigenvalue weighted by molar-refractivity contribution is 5.70. The van der Waals surface area contributed by atoms with Crippen molar-refractivity contribution in [1.82, 2.24) is 18.7 Å². The number of aromatic nitrogens is 4. The zero-order valence-corrected chi connectivity index (χ0v) is 18.5. The van der Waals surface area contributed by atoms with Gasteiger partial charge in [0.05, 0.1) is 18.5 Å². The Labute approximate surface area is 175 Å². The van der Waals surface area contributed by atoms with Crippen molar-refractivity contribution in [1.29, 1.82) is 0 Å². The highest BCUT2D eigenvalue weighted by atomic mass is 16.7. The third-order valence-corrected chi connectivity index (χ3v) is 5.87. The second-order valence-electron chi connectivity index (χ2n) is 8.44. The number of hydrogen-bond acceptors (Lipinski definition) is 6. The number of nitrogens with zero attached hydrogens (tertiary/aromatic N) is 4. The molecule has 3 heterocycles. The summed E-state index contributed by atoms with van der Waals surface area (Å²) in [5.41, 5.74) is -0.745. The summed E-state index contributed by atoms with van der Waals surface area (Å²) >= 11 is 0. The molecule has 0 aromatic carbocycles. The largest absolute Gasteiger partial charge is 0.457 e. The number of aliphatic hydroxyl groups is 1. The van der Waals surface area contributed by atoms with E-state index in [4.69, 9.17) is 9.47 Å². The van der Waals surface area contributed by atoms with Crippen LogP contribution in [0.1, 0.15) is 59.8 Å². The molecule has 9 nitrogen and oxygen atoms in total. The third-order valence-electron chi connectivity index (χ3n) is 5.87. The minimum atomic E-state index is -0.738. The van der Waals surface area contributed by atoms with Gasteiger partial charge in [0, 0.05) is 27.4 Å². The summed E-state index contributed by atoms with van der Waals surface area (Å²) in [6.07, 6.45) is 6.47. The van der Waals surface area contributed by atoms with Gasteiger partial charge in [-0.05, 0) is 32.1 Å². The van der Waals surface area contributed by atoms with E-state index in [0.717, 1.165) is 6.42 Å². The van der Waals surface area contributed by atoms with Gasteiger partial charge in [-0.25, -0.2) is 9.78 Å². The molecule has 0 saturated carbocycles. The molecule has 0 radical (unpaired) electrons. The number of allylic oxidation sites excluding steroid dienone is 1. The van der Waals surface area contributed by atoms with Crippen molar-refractivity contribution in [2.75, 3.05) is 0 Å². The molecule has 0 amide bonds. The van der Waals surface area contributed by atoms with Crippen LogP contribution in [0.15, 0.2) is 27.9 Å². The molecule has 166 valence electrons. The molecule has 9 heteroatoms. The molecule has 2 aromatic heterocycles. The van der Waals surface area contributed by atoms with Crippen LogP contribution in [0.2, 0.25) is 0 Å². The summed E-state index contributed by atoms with van der Waals surface area (Å²) in [7, 11) is 1.61. The lowest BCUT2D eigenvalue weighted by molar-refractivity contribution is -0.118. The Hall–Kier alpha value is -2.55. The maximum Gasteiger partial charge on any atom is 0.332 e. The zero-order valence-electron chi connectivity index (χ0n) is 18.5. The van der Waals surface area contributed by atoms with Gasteiger partial charge in [-0.1, -0.05) is 13.8 Å². The SMILES string of the molecule is CCC(O)(CC)CCCCn1c(=O)c2c(ncn2CC2=COC(C)(C)O2)n(C)c1=O. The molecule has 3 rings (SSSR count). The van der Waals surface area contributed by atoms with Gasteiger partial charge in [0.25, 0.3) is 5.56 Å². The van der Waals surface area contributed by atoms with Crippen molar-refractivity contribution in [3.8, 4) is 0 Å². The number of hydrogen-bond donors (Lipinski definition) is 1. The second-order valence-corrected chi connectivity index (χ2v) is 8.44. The van der Waals surface area contributed by atoms with E-state index in [-0.39, 0.29) is 17.8 Å². The van der Waals surface area contributed by atoms with E-state index in [2.05, 4.69) is 4.98 Å². The average molecular weight is 421 g/mol. The molecule has 0 bridgehead atoms. The average Bonchev–Trinajstić information content (AvgIpc) is 3.28. The molecule has 30 heavy (non-hydrogen) atoms. The fourth-order valence-corrected chi connectivity index (χ4v) is 3.78. The number of unbranched alkanes of at least 4 members (excludes halogenated alkanes) is 1. The Morgan fingerprint density at radius 2 is 1.90 bits per heavy atom. The van der Waals surface area contributed by atoms with Crippen molar-refractivity contribution in [2.24, 2.45) is 7.05 Å². The predicted octanol–water partition coefficient (Wildman–Crippen LogP) is 2.24. The second kappa shape index (κ2) is 8.29. The quantitative estimate of drug-likeness (QED) is 0.625. The monoisotopic (exact) mass is 420 g/mol. The molecule has 2 aromatic rings. The van der Waals surface area contributed by atoms with Crippen molar-refractivity contribution < 1.29 is 14.6 Å². The molecule has 0 atom stereocenters. The van der Waals surface area contributed by atoms with Crippen LogP contribution < -0.4 is 11.2 Å². The molecule has 0 unspecified atom stereocenters. The lowest BCUT2D eigenvalue weighted by atomic mass is 9.91. The van der Waals surface area contributed by atoms with Crippen LogP contribution in [0.3, 0.4) is 0 Å². The van der Waals surface area contributed by atoms with Crippen molar-refractivity contribution in [3.05, 3.63) is 39.2 Å². The van der Waals surface area contributed by atoms with Gasteiger partial charge >= 0.3 is 5.69 Å². The molecule has 0 aliphatic carbocycles. The van der Waals surface area contributed by atoms with E-state index in [0.29, 0.717) is 49.2 Å². The van der Waals surface area contributed by atoms with Crippen molar-refractivity contribution >= 4 is 11.2 Å². The smallest absolute Gasteiger partial charge is 0.332 e. The van der Waals surface area contributed by atoms with Gasteiger partial charge in [-0.15, -0.1) is 0 Å². The summed E-state index contributed by atoms with van der Waals surface area (Å²) in [6.45, 7) is 8.12.